The summed E-state index contributed by atoms with van der Waals surface area (Å²) in [6, 6.07) is 9.18. The van der Waals surface area contributed by atoms with E-state index in [1.54, 1.807) is 18.2 Å². The van der Waals surface area contributed by atoms with Gasteiger partial charge in [0.1, 0.15) is 5.52 Å². The molecule has 0 unspecified atom stereocenters. The lowest BCUT2D eigenvalue weighted by molar-refractivity contribution is -0.137. The Morgan fingerprint density at radius 2 is 1.92 bits per heavy atom. The summed E-state index contributed by atoms with van der Waals surface area (Å²) >= 11 is 0. The molecule has 0 radical (unpaired) electrons. The molecule has 0 aliphatic rings. The molecule has 1 heterocycles. The van der Waals surface area contributed by atoms with E-state index in [1.165, 1.54) is 12.1 Å². The maximum Gasteiger partial charge on any atom is 0.416 e. The summed E-state index contributed by atoms with van der Waals surface area (Å²) in [5.41, 5.74) is 0.635. The topological polar surface area (TPSA) is 55.1 Å². The Morgan fingerprint density at radius 3 is 2.60 bits per heavy atom. The molecule has 4 nitrogen and oxygen atoms in total. The molecule has 0 atom stereocenters. The fourth-order valence-electron chi connectivity index (χ4n) is 2.31. The molecule has 0 aliphatic heterocycles. The fourth-order valence-corrected chi connectivity index (χ4v) is 2.31. The molecule has 0 bridgehead atoms. The smallest absolute Gasteiger partial charge is 0.416 e. The van der Waals surface area contributed by atoms with Gasteiger partial charge in [0.15, 0.2) is 11.5 Å². The number of rotatable bonds is 3. The largest absolute Gasteiger partial charge is 0.440 e. The normalized spacial score (nSPS) is 11.9. The maximum absolute atomic E-state index is 12.7. The van der Waals surface area contributed by atoms with Gasteiger partial charge in [-0.3, -0.25) is 4.79 Å². The summed E-state index contributed by atoms with van der Waals surface area (Å²) in [7, 11) is 0. The van der Waals surface area contributed by atoms with Gasteiger partial charge in [-0.05, 0) is 30.3 Å². The van der Waals surface area contributed by atoms with E-state index >= 15 is 0 Å². The number of carbonyl (C=O) groups excluding carboxylic acids is 1. The molecule has 130 valence electrons. The first-order valence-electron chi connectivity index (χ1n) is 7.63. The Balaban J connectivity index is 1.84. The molecular formula is C18H15F3N2O2. The number of amides is 1. The number of aromatic nitrogens is 1. The van der Waals surface area contributed by atoms with E-state index in [0.717, 1.165) is 12.1 Å². The highest BCUT2D eigenvalue weighted by molar-refractivity contribution is 6.05. The molecule has 1 aromatic heterocycles. The monoisotopic (exact) mass is 348 g/mol. The van der Waals surface area contributed by atoms with E-state index in [-0.39, 0.29) is 11.5 Å². The molecule has 3 rings (SSSR count). The van der Waals surface area contributed by atoms with Crippen molar-refractivity contribution in [2.75, 3.05) is 5.32 Å². The molecule has 3 aromatic rings. The summed E-state index contributed by atoms with van der Waals surface area (Å²) in [6.45, 7) is 3.89. The first-order valence-corrected chi connectivity index (χ1v) is 7.63. The quantitative estimate of drug-likeness (QED) is 0.706. The van der Waals surface area contributed by atoms with Gasteiger partial charge in [0.05, 0.1) is 5.56 Å². The highest BCUT2D eigenvalue weighted by atomic mass is 19.4. The molecule has 1 N–H and O–H groups in total. The summed E-state index contributed by atoms with van der Waals surface area (Å²) in [6.07, 6.45) is -4.50. The third-order valence-corrected chi connectivity index (χ3v) is 3.61. The van der Waals surface area contributed by atoms with Crippen molar-refractivity contribution in [1.82, 2.24) is 4.98 Å². The molecule has 25 heavy (non-hydrogen) atoms. The number of alkyl halides is 3. The molecule has 0 saturated heterocycles. The zero-order chi connectivity index (χ0) is 18.2. The van der Waals surface area contributed by atoms with Crippen molar-refractivity contribution >= 4 is 22.7 Å². The van der Waals surface area contributed by atoms with Crippen LogP contribution in [0.4, 0.5) is 18.9 Å². The average Bonchev–Trinajstić information content (AvgIpc) is 2.98. The van der Waals surface area contributed by atoms with E-state index in [1.807, 2.05) is 13.8 Å². The van der Waals surface area contributed by atoms with Gasteiger partial charge >= 0.3 is 6.18 Å². The van der Waals surface area contributed by atoms with Crippen molar-refractivity contribution < 1.29 is 22.4 Å². The van der Waals surface area contributed by atoms with Crippen LogP contribution in [0.25, 0.3) is 11.1 Å². The van der Waals surface area contributed by atoms with Gasteiger partial charge in [-0.25, -0.2) is 4.98 Å². The average molecular weight is 348 g/mol. The van der Waals surface area contributed by atoms with Crippen molar-refractivity contribution in [3.63, 3.8) is 0 Å². The number of hydrogen-bond acceptors (Lipinski definition) is 3. The molecule has 0 fully saturated rings. The second-order valence-electron chi connectivity index (χ2n) is 5.92. The van der Waals surface area contributed by atoms with Crippen molar-refractivity contribution in [3.05, 3.63) is 59.5 Å². The third kappa shape index (κ3) is 3.65. The van der Waals surface area contributed by atoms with Crippen molar-refractivity contribution in [3.8, 4) is 0 Å². The lowest BCUT2D eigenvalue weighted by Gasteiger charge is -2.09. The highest BCUT2D eigenvalue weighted by Crippen LogP contribution is 2.30. The Kier molecular flexibility index (Phi) is 4.24. The molecule has 1 amide bonds. The van der Waals surface area contributed by atoms with E-state index in [0.29, 0.717) is 22.7 Å². The van der Waals surface area contributed by atoms with Gasteiger partial charge in [0, 0.05) is 23.2 Å². The minimum Gasteiger partial charge on any atom is -0.440 e. The number of halogens is 3. The molecular weight excluding hydrogens is 333 g/mol. The number of oxazole rings is 1. The van der Waals surface area contributed by atoms with Crippen LogP contribution in [0.3, 0.4) is 0 Å². The van der Waals surface area contributed by atoms with Crippen LogP contribution in [-0.4, -0.2) is 10.9 Å². The zero-order valence-corrected chi connectivity index (χ0v) is 13.5. The van der Waals surface area contributed by atoms with Gasteiger partial charge in [0.25, 0.3) is 5.91 Å². The predicted molar refractivity (Wildman–Crippen MR) is 87.5 cm³/mol. The molecule has 0 saturated carbocycles. The van der Waals surface area contributed by atoms with Gasteiger partial charge in [-0.1, -0.05) is 19.9 Å². The Labute approximate surface area is 141 Å². The van der Waals surface area contributed by atoms with Crippen LogP contribution in [-0.2, 0) is 6.18 Å². The van der Waals surface area contributed by atoms with Crippen LogP contribution in [0, 0.1) is 0 Å². The van der Waals surface area contributed by atoms with E-state index in [9.17, 15) is 18.0 Å². The lowest BCUT2D eigenvalue weighted by atomic mass is 10.1. The van der Waals surface area contributed by atoms with Crippen LogP contribution < -0.4 is 5.32 Å². The first-order chi connectivity index (χ1) is 11.7. The molecule has 2 aromatic carbocycles. The maximum atomic E-state index is 12.7. The van der Waals surface area contributed by atoms with E-state index in [4.69, 9.17) is 4.42 Å². The number of nitrogens with zero attached hydrogens (tertiary/aromatic N) is 1. The molecule has 0 aliphatic carbocycles. The first kappa shape index (κ1) is 17.0. The van der Waals surface area contributed by atoms with Crippen LogP contribution in [0.15, 0.2) is 46.9 Å². The molecule has 7 heteroatoms. The van der Waals surface area contributed by atoms with E-state index in [2.05, 4.69) is 10.3 Å². The second kappa shape index (κ2) is 6.23. The second-order valence-corrected chi connectivity index (χ2v) is 5.92. The Morgan fingerprint density at radius 1 is 1.16 bits per heavy atom. The summed E-state index contributed by atoms with van der Waals surface area (Å²) in [4.78, 5) is 16.5. The van der Waals surface area contributed by atoms with Gasteiger partial charge in [0.2, 0.25) is 0 Å². The Hall–Kier alpha value is -2.83. The number of nitrogens with one attached hydrogen (secondary N) is 1. The summed E-state index contributed by atoms with van der Waals surface area (Å²) in [5, 5.41) is 2.57. The molecule has 0 spiro atoms. The lowest BCUT2D eigenvalue weighted by Crippen LogP contribution is -2.13. The standard InChI is InChI=1S/C18H15F3N2O2/c1-10(2)17-23-14-7-6-13(9-15(14)25-17)22-16(24)11-4-3-5-12(8-11)18(19,20)21/h3-10H,1-2H3,(H,22,24). The van der Waals surface area contributed by atoms with Crippen LogP contribution in [0.2, 0.25) is 0 Å². The third-order valence-electron chi connectivity index (χ3n) is 3.61. The van der Waals surface area contributed by atoms with Crippen LogP contribution >= 0.6 is 0 Å². The summed E-state index contributed by atoms with van der Waals surface area (Å²) in [5.74, 6) is 0.0703. The highest BCUT2D eigenvalue weighted by Gasteiger charge is 2.30. The van der Waals surface area contributed by atoms with Gasteiger partial charge in [-0.15, -0.1) is 0 Å². The minimum atomic E-state index is -4.50. The fraction of sp³-hybridized carbons (Fsp3) is 0.222. The minimum absolute atomic E-state index is 0.0737. The summed E-state index contributed by atoms with van der Waals surface area (Å²) < 4.78 is 43.9. The number of fused-ring (bicyclic) bond motifs is 1. The van der Waals surface area contributed by atoms with Crippen molar-refractivity contribution in [2.24, 2.45) is 0 Å². The number of benzene rings is 2. The predicted octanol–water partition coefficient (Wildman–Crippen LogP) is 5.22. The van der Waals surface area contributed by atoms with E-state index < -0.39 is 17.6 Å². The number of carbonyl (C=O) groups is 1. The zero-order valence-electron chi connectivity index (χ0n) is 13.5. The van der Waals surface area contributed by atoms with Crippen LogP contribution in [0.5, 0.6) is 0 Å². The van der Waals surface area contributed by atoms with Gasteiger partial charge < -0.3 is 9.73 Å². The number of anilines is 1. The Bertz CT molecular complexity index is 929. The SMILES string of the molecule is CC(C)c1nc2ccc(NC(=O)c3cccc(C(F)(F)F)c3)cc2o1. The number of hydrogen-bond donors (Lipinski definition) is 1. The van der Waals surface area contributed by atoms with Crippen molar-refractivity contribution in [2.45, 2.75) is 25.9 Å². The van der Waals surface area contributed by atoms with Crippen molar-refractivity contribution in [1.29, 1.82) is 0 Å². The van der Waals surface area contributed by atoms with Crippen LogP contribution in [0.1, 0.15) is 41.6 Å². The van der Waals surface area contributed by atoms with Gasteiger partial charge in [-0.2, -0.15) is 13.2 Å².